The normalized spacial score (nSPS) is 18.5. The molecular weight excluding hydrogens is 294 g/mol. The number of carbonyl (C=O) groups is 1. The lowest BCUT2D eigenvalue weighted by Crippen LogP contribution is -2.32. The fraction of sp³-hybridized carbons (Fsp3) is 0.278. The van der Waals surface area contributed by atoms with Crippen LogP contribution in [0.5, 0.6) is 17.2 Å². The summed E-state index contributed by atoms with van der Waals surface area (Å²) in [5.74, 6) is 2.02. The number of nitrogens with one attached hydrogen (secondary N) is 1. The Bertz CT molecular complexity index is 744. The molecule has 0 saturated carbocycles. The van der Waals surface area contributed by atoms with Crippen molar-refractivity contribution in [2.24, 2.45) is 0 Å². The van der Waals surface area contributed by atoms with Crippen LogP contribution in [0.15, 0.2) is 42.5 Å². The minimum atomic E-state index is -0.122. The Hall–Kier alpha value is -2.69. The standard InChI is InChI=1S/C18H17NO4/c20-18(12-5-6-16-17(11-12)23-10-9-22-16)19-14-7-8-21-15-4-2-1-3-13(14)15/h1-6,11,14H,7-10H2,(H,19,20)/t14-/m0/s1. The van der Waals surface area contributed by atoms with Gasteiger partial charge in [0.05, 0.1) is 12.6 Å². The summed E-state index contributed by atoms with van der Waals surface area (Å²) in [5, 5.41) is 3.08. The van der Waals surface area contributed by atoms with E-state index in [2.05, 4.69) is 5.32 Å². The highest BCUT2D eigenvalue weighted by atomic mass is 16.6. The van der Waals surface area contributed by atoms with E-state index in [4.69, 9.17) is 14.2 Å². The first-order valence-electron chi connectivity index (χ1n) is 7.73. The number of amides is 1. The predicted molar refractivity (Wildman–Crippen MR) is 84.2 cm³/mol. The fourth-order valence-corrected chi connectivity index (χ4v) is 2.92. The molecule has 1 N–H and O–H groups in total. The Morgan fingerprint density at radius 3 is 2.61 bits per heavy atom. The highest BCUT2D eigenvalue weighted by molar-refractivity contribution is 5.95. The lowest BCUT2D eigenvalue weighted by molar-refractivity contribution is 0.0923. The highest BCUT2D eigenvalue weighted by Crippen LogP contribution is 2.33. The summed E-state index contributed by atoms with van der Waals surface area (Å²) in [7, 11) is 0. The molecule has 23 heavy (non-hydrogen) atoms. The van der Waals surface area contributed by atoms with Crippen LogP contribution >= 0.6 is 0 Å². The molecule has 2 aromatic rings. The molecule has 0 aromatic heterocycles. The second-order valence-electron chi connectivity index (χ2n) is 5.56. The van der Waals surface area contributed by atoms with Gasteiger partial charge in [-0.05, 0) is 24.3 Å². The minimum absolute atomic E-state index is 0.0411. The van der Waals surface area contributed by atoms with Crippen molar-refractivity contribution >= 4 is 5.91 Å². The third kappa shape index (κ3) is 2.70. The summed E-state index contributed by atoms with van der Waals surface area (Å²) in [4.78, 5) is 12.6. The summed E-state index contributed by atoms with van der Waals surface area (Å²) in [6.07, 6.45) is 0.757. The lowest BCUT2D eigenvalue weighted by Gasteiger charge is -2.26. The lowest BCUT2D eigenvalue weighted by atomic mass is 10.00. The number of carbonyl (C=O) groups excluding carboxylic acids is 1. The van der Waals surface area contributed by atoms with Crippen LogP contribution in [0.25, 0.3) is 0 Å². The van der Waals surface area contributed by atoms with Crippen LogP contribution in [0.4, 0.5) is 0 Å². The molecule has 2 heterocycles. The Morgan fingerprint density at radius 2 is 1.70 bits per heavy atom. The van der Waals surface area contributed by atoms with Crippen LogP contribution in [0.2, 0.25) is 0 Å². The fourth-order valence-electron chi connectivity index (χ4n) is 2.92. The SMILES string of the molecule is O=C(N[C@H]1CCOc2ccccc21)c1ccc2c(c1)OCCO2. The smallest absolute Gasteiger partial charge is 0.251 e. The maximum atomic E-state index is 12.6. The molecule has 4 rings (SSSR count). The van der Waals surface area contributed by atoms with Crippen LogP contribution in [-0.4, -0.2) is 25.7 Å². The number of para-hydroxylation sites is 1. The van der Waals surface area contributed by atoms with Crippen LogP contribution in [0, 0.1) is 0 Å². The molecule has 5 heteroatoms. The number of benzene rings is 2. The number of fused-ring (bicyclic) bond motifs is 2. The zero-order chi connectivity index (χ0) is 15.6. The number of rotatable bonds is 2. The monoisotopic (exact) mass is 311 g/mol. The second-order valence-corrected chi connectivity index (χ2v) is 5.56. The molecule has 2 aliphatic rings. The summed E-state index contributed by atoms with van der Waals surface area (Å²) < 4.78 is 16.6. The van der Waals surface area contributed by atoms with Crippen molar-refractivity contribution in [3.8, 4) is 17.2 Å². The first-order valence-corrected chi connectivity index (χ1v) is 7.73. The van der Waals surface area contributed by atoms with Gasteiger partial charge in [-0.2, -0.15) is 0 Å². The quantitative estimate of drug-likeness (QED) is 0.926. The molecule has 0 spiro atoms. The Morgan fingerprint density at radius 1 is 0.913 bits per heavy atom. The van der Waals surface area contributed by atoms with Gasteiger partial charge in [0.1, 0.15) is 19.0 Å². The van der Waals surface area contributed by atoms with E-state index in [-0.39, 0.29) is 11.9 Å². The van der Waals surface area contributed by atoms with Gasteiger partial charge in [0.25, 0.3) is 5.91 Å². The van der Waals surface area contributed by atoms with Crippen molar-refractivity contribution in [2.45, 2.75) is 12.5 Å². The van der Waals surface area contributed by atoms with E-state index < -0.39 is 0 Å². The molecule has 0 aliphatic carbocycles. The molecule has 0 saturated heterocycles. The summed E-state index contributed by atoms with van der Waals surface area (Å²) in [6, 6.07) is 13.0. The third-order valence-electron chi connectivity index (χ3n) is 4.07. The molecule has 5 nitrogen and oxygen atoms in total. The average molecular weight is 311 g/mol. The zero-order valence-electron chi connectivity index (χ0n) is 12.6. The second kappa shape index (κ2) is 5.83. The first-order chi connectivity index (χ1) is 11.3. The van der Waals surface area contributed by atoms with Crippen LogP contribution in [-0.2, 0) is 0 Å². The van der Waals surface area contributed by atoms with E-state index in [9.17, 15) is 4.79 Å². The van der Waals surface area contributed by atoms with Gasteiger partial charge in [-0.25, -0.2) is 0 Å². The van der Waals surface area contributed by atoms with Crippen molar-refractivity contribution in [3.05, 3.63) is 53.6 Å². The summed E-state index contributed by atoms with van der Waals surface area (Å²) in [5.41, 5.74) is 1.59. The molecule has 1 atom stereocenters. The largest absolute Gasteiger partial charge is 0.493 e. The predicted octanol–water partition coefficient (Wildman–Crippen LogP) is 2.71. The van der Waals surface area contributed by atoms with Gasteiger partial charge in [-0.3, -0.25) is 4.79 Å². The van der Waals surface area contributed by atoms with Gasteiger partial charge < -0.3 is 19.5 Å². The Kier molecular flexibility index (Phi) is 3.54. The maximum Gasteiger partial charge on any atom is 0.251 e. The van der Waals surface area contributed by atoms with Crippen molar-refractivity contribution in [1.82, 2.24) is 5.32 Å². The first kappa shape index (κ1) is 13.9. The van der Waals surface area contributed by atoms with Crippen LogP contribution in [0.1, 0.15) is 28.4 Å². The van der Waals surface area contributed by atoms with Gasteiger partial charge in [-0.1, -0.05) is 18.2 Å². The van der Waals surface area contributed by atoms with Crippen molar-refractivity contribution in [1.29, 1.82) is 0 Å². The van der Waals surface area contributed by atoms with E-state index in [1.807, 2.05) is 24.3 Å². The van der Waals surface area contributed by atoms with E-state index >= 15 is 0 Å². The van der Waals surface area contributed by atoms with Crippen molar-refractivity contribution in [3.63, 3.8) is 0 Å². The highest BCUT2D eigenvalue weighted by Gasteiger charge is 2.23. The third-order valence-corrected chi connectivity index (χ3v) is 4.07. The number of ether oxygens (including phenoxy) is 3. The molecule has 0 unspecified atom stereocenters. The molecule has 0 bridgehead atoms. The van der Waals surface area contributed by atoms with Crippen LogP contribution < -0.4 is 19.5 Å². The van der Waals surface area contributed by atoms with Crippen LogP contribution in [0.3, 0.4) is 0 Å². The molecule has 2 aliphatic heterocycles. The molecule has 0 fully saturated rings. The van der Waals surface area contributed by atoms with Crippen molar-refractivity contribution < 1.29 is 19.0 Å². The summed E-state index contributed by atoms with van der Waals surface area (Å²) in [6.45, 7) is 1.64. The number of hydrogen-bond acceptors (Lipinski definition) is 4. The number of hydrogen-bond donors (Lipinski definition) is 1. The van der Waals surface area contributed by atoms with Gasteiger partial charge >= 0.3 is 0 Å². The van der Waals surface area contributed by atoms with Gasteiger partial charge in [-0.15, -0.1) is 0 Å². The summed E-state index contributed by atoms with van der Waals surface area (Å²) >= 11 is 0. The van der Waals surface area contributed by atoms with E-state index in [0.29, 0.717) is 36.9 Å². The van der Waals surface area contributed by atoms with Gasteiger partial charge in [0.15, 0.2) is 11.5 Å². The Labute approximate surface area is 134 Å². The molecule has 0 radical (unpaired) electrons. The van der Waals surface area contributed by atoms with E-state index in [0.717, 1.165) is 17.7 Å². The zero-order valence-corrected chi connectivity index (χ0v) is 12.6. The Balaban J connectivity index is 1.55. The van der Waals surface area contributed by atoms with Gasteiger partial charge in [0.2, 0.25) is 0 Å². The molecule has 1 amide bonds. The van der Waals surface area contributed by atoms with Crippen molar-refractivity contribution in [2.75, 3.05) is 19.8 Å². The minimum Gasteiger partial charge on any atom is -0.493 e. The molecule has 118 valence electrons. The van der Waals surface area contributed by atoms with E-state index in [1.54, 1.807) is 18.2 Å². The molecular formula is C18H17NO4. The average Bonchev–Trinajstić information content (AvgIpc) is 2.61. The topological polar surface area (TPSA) is 56.8 Å². The van der Waals surface area contributed by atoms with E-state index in [1.165, 1.54) is 0 Å². The maximum absolute atomic E-state index is 12.6. The van der Waals surface area contributed by atoms with Gasteiger partial charge in [0, 0.05) is 17.5 Å². The molecule has 2 aromatic carbocycles.